The lowest BCUT2D eigenvalue weighted by Gasteiger charge is -2.03. The van der Waals surface area contributed by atoms with E-state index in [1.165, 1.54) is 0 Å². The Labute approximate surface area is 134 Å². The maximum atomic E-state index is 3.75. The summed E-state index contributed by atoms with van der Waals surface area (Å²) in [7, 11) is 0. The van der Waals surface area contributed by atoms with Gasteiger partial charge in [0.05, 0.1) is 0 Å². The molecule has 0 saturated heterocycles. The fourth-order valence-electron chi connectivity index (χ4n) is 2.08. The van der Waals surface area contributed by atoms with E-state index in [0.29, 0.717) is 0 Å². The molecule has 0 N–H and O–H groups in total. The number of benzene rings is 2. The molecule has 0 saturated carbocycles. The second-order valence-corrected chi connectivity index (χ2v) is 4.50. The monoisotopic (exact) mass is 286 g/mol. The van der Waals surface area contributed by atoms with Crippen LogP contribution in [0.4, 0.5) is 0 Å². The van der Waals surface area contributed by atoms with Crippen molar-refractivity contribution in [2.24, 2.45) is 0 Å². The van der Waals surface area contributed by atoms with Crippen LogP contribution in [0.3, 0.4) is 0 Å². The van der Waals surface area contributed by atoms with Crippen LogP contribution in [-0.2, 0) is 0 Å². The van der Waals surface area contributed by atoms with Crippen molar-refractivity contribution in [1.29, 1.82) is 0 Å². The summed E-state index contributed by atoms with van der Waals surface area (Å²) in [5.74, 6) is 0. The van der Waals surface area contributed by atoms with Crippen molar-refractivity contribution in [2.75, 3.05) is 0 Å². The Balaban J connectivity index is 0.000000224. The minimum absolute atomic E-state index is 1.10. The topological polar surface area (TPSA) is 0 Å². The molecular formula is C22H22. The van der Waals surface area contributed by atoms with Crippen LogP contribution in [0.5, 0.6) is 0 Å². The van der Waals surface area contributed by atoms with Crippen molar-refractivity contribution in [3.63, 3.8) is 0 Å². The summed E-state index contributed by atoms with van der Waals surface area (Å²) in [6.45, 7) is 18.6. The van der Waals surface area contributed by atoms with Crippen LogP contribution in [0.2, 0.25) is 0 Å². The van der Waals surface area contributed by atoms with Crippen molar-refractivity contribution in [3.8, 4) is 0 Å². The van der Waals surface area contributed by atoms with Crippen LogP contribution in [0, 0.1) is 0 Å². The molecule has 0 radical (unpaired) electrons. The highest BCUT2D eigenvalue weighted by Crippen LogP contribution is 2.18. The molecule has 0 fully saturated rings. The molecule has 2 aromatic carbocycles. The van der Waals surface area contributed by atoms with E-state index in [0.717, 1.165) is 27.8 Å². The number of rotatable bonds is 5. The van der Waals surface area contributed by atoms with Gasteiger partial charge in [0.2, 0.25) is 0 Å². The van der Waals surface area contributed by atoms with Crippen LogP contribution in [0.1, 0.15) is 27.8 Å². The molecule has 0 aliphatic carbocycles. The van der Waals surface area contributed by atoms with Crippen molar-refractivity contribution in [1.82, 2.24) is 0 Å². The highest BCUT2D eigenvalue weighted by atomic mass is 14.0. The van der Waals surface area contributed by atoms with Crippen LogP contribution in [0.25, 0.3) is 30.4 Å². The van der Waals surface area contributed by atoms with Gasteiger partial charge in [-0.15, -0.1) is 0 Å². The predicted octanol–water partition coefficient (Wildman–Crippen LogP) is 6.59. The third-order valence-corrected chi connectivity index (χ3v) is 3.25. The van der Waals surface area contributed by atoms with Gasteiger partial charge in [-0.25, -0.2) is 0 Å². The average molecular weight is 286 g/mol. The van der Waals surface area contributed by atoms with E-state index < -0.39 is 0 Å². The van der Waals surface area contributed by atoms with Crippen LogP contribution >= 0.6 is 0 Å². The molecule has 0 nitrogen and oxygen atoms in total. The van der Waals surface area contributed by atoms with Gasteiger partial charge in [0, 0.05) is 0 Å². The van der Waals surface area contributed by atoms with Gasteiger partial charge in [0.15, 0.2) is 0 Å². The molecule has 0 bridgehead atoms. The first-order valence-electron chi connectivity index (χ1n) is 7.06. The van der Waals surface area contributed by atoms with Gasteiger partial charge in [0.25, 0.3) is 0 Å². The summed E-state index contributed by atoms with van der Waals surface area (Å²) in [4.78, 5) is 0. The van der Waals surface area contributed by atoms with E-state index in [2.05, 4.69) is 32.9 Å². The lowest BCUT2D eigenvalue weighted by atomic mass is 10.0. The smallest absolute Gasteiger partial charge is 0.0118 e. The minimum Gasteiger partial charge on any atom is -0.0984 e. The Kier molecular flexibility index (Phi) is 7.15. The summed E-state index contributed by atoms with van der Waals surface area (Å²) in [5, 5.41) is 0. The first kappa shape index (κ1) is 17.2. The van der Waals surface area contributed by atoms with Gasteiger partial charge in [-0.3, -0.25) is 0 Å². The van der Waals surface area contributed by atoms with E-state index in [-0.39, 0.29) is 0 Å². The summed E-state index contributed by atoms with van der Waals surface area (Å²) in [5.41, 5.74) is 5.57. The van der Waals surface area contributed by atoms with Crippen LogP contribution < -0.4 is 0 Å². The van der Waals surface area contributed by atoms with E-state index in [9.17, 15) is 0 Å². The molecule has 2 aromatic rings. The largest absolute Gasteiger partial charge is 0.0984 e. The zero-order valence-corrected chi connectivity index (χ0v) is 13.0. The third-order valence-electron chi connectivity index (χ3n) is 3.25. The SMILES string of the molecule is C=Cc1cccc(C=C)c1C=C.C=Cc1ccccc1C=C. The summed E-state index contributed by atoms with van der Waals surface area (Å²) >= 11 is 0. The summed E-state index contributed by atoms with van der Waals surface area (Å²) < 4.78 is 0. The fourth-order valence-corrected chi connectivity index (χ4v) is 2.08. The third kappa shape index (κ3) is 4.32. The Morgan fingerprint density at radius 2 is 0.818 bits per heavy atom. The lowest BCUT2D eigenvalue weighted by molar-refractivity contribution is 1.58. The normalized spacial score (nSPS) is 8.91. The average Bonchev–Trinajstić information content (AvgIpc) is 2.61. The summed E-state index contributed by atoms with van der Waals surface area (Å²) in [6.07, 6.45) is 9.14. The second-order valence-electron chi connectivity index (χ2n) is 4.50. The zero-order valence-electron chi connectivity index (χ0n) is 13.0. The van der Waals surface area contributed by atoms with E-state index >= 15 is 0 Å². The lowest BCUT2D eigenvalue weighted by Crippen LogP contribution is -1.84. The Hall–Kier alpha value is -2.86. The van der Waals surface area contributed by atoms with Crippen molar-refractivity contribution in [3.05, 3.63) is 103 Å². The molecule has 0 aliphatic heterocycles. The van der Waals surface area contributed by atoms with Gasteiger partial charge < -0.3 is 0 Å². The molecule has 0 spiro atoms. The molecule has 0 atom stereocenters. The molecule has 0 amide bonds. The standard InChI is InChI=1S/C12H12.C10H10/c1-4-10-8-7-9-11(5-2)12(10)6-3;1-3-9-7-5-6-8-10(9)4-2/h4-9H,1-3H2;3-8H,1-2H2. The molecule has 0 heteroatoms. The maximum Gasteiger partial charge on any atom is -0.0118 e. The first-order chi connectivity index (χ1) is 10.7. The van der Waals surface area contributed by atoms with Crippen molar-refractivity contribution in [2.45, 2.75) is 0 Å². The molecule has 110 valence electrons. The van der Waals surface area contributed by atoms with E-state index in [1.807, 2.05) is 72.8 Å². The molecule has 22 heavy (non-hydrogen) atoms. The van der Waals surface area contributed by atoms with Gasteiger partial charge in [-0.1, -0.05) is 106 Å². The first-order valence-corrected chi connectivity index (χ1v) is 7.06. The molecule has 0 unspecified atom stereocenters. The van der Waals surface area contributed by atoms with Gasteiger partial charge >= 0.3 is 0 Å². The second kappa shape index (κ2) is 9.15. The number of hydrogen-bond donors (Lipinski definition) is 0. The quantitative estimate of drug-likeness (QED) is 0.581. The minimum atomic E-state index is 1.10. The van der Waals surface area contributed by atoms with Crippen molar-refractivity contribution >= 4 is 30.4 Å². The van der Waals surface area contributed by atoms with Gasteiger partial charge in [-0.05, 0) is 27.8 Å². The van der Waals surface area contributed by atoms with Gasteiger partial charge in [0.1, 0.15) is 0 Å². The highest BCUT2D eigenvalue weighted by molar-refractivity contribution is 5.72. The maximum absolute atomic E-state index is 3.75. The molecular weight excluding hydrogens is 264 g/mol. The zero-order chi connectivity index (χ0) is 16.4. The molecule has 0 heterocycles. The van der Waals surface area contributed by atoms with E-state index in [1.54, 1.807) is 0 Å². The fraction of sp³-hybridized carbons (Fsp3) is 0. The van der Waals surface area contributed by atoms with Crippen molar-refractivity contribution < 1.29 is 0 Å². The van der Waals surface area contributed by atoms with E-state index in [4.69, 9.17) is 0 Å². The summed E-state index contributed by atoms with van der Waals surface area (Å²) in [6, 6.07) is 14.0. The molecule has 0 aromatic heterocycles. The molecule has 2 rings (SSSR count). The van der Waals surface area contributed by atoms with Crippen LogP contribution in [-0.4, -0.2) is 0 Å². The Bertz CT molecular complexity index is 634. The number of hydrogen-bond acceptors (Lipinski definition) is 0. The Morgan fingerprint density at radius 3 is 1.14 bits per heavy atom. The molecule has 0 aliphatic rings. The van der Waals surface area contributed by atoms with Crippen LogP contribution in [0.15, 0.2) is 75.4 Å². The predicted molar refractivity (Wildman–Crippen MR) is 103 cm³/mol. The Morgan fingerprint density at radius 1 is 0.455 bits per heavy atom. The van der Waals surface area contributed by atoms with Gasteiger partial charge in [-0.2, -0.15) is 0 Å². The highest BCUT2D eigenvalue weighted by Gasteiger charge is 1.98.